The second-order valence-electron chi connectivity index (χ2n) is 14.5. The fourth-order valence-electron chi connectivity index (χ4n) is 7.41. The molecule has 51 heavy (non-hydrogen) atoms. The van der Waals surface area contributed by atoms with Gasteiger partial charge in [0.1, 0.15) is 23.7 Å². The van der Waals surface area contributed by atoms with Crippen LogP contribution in [0.15, 0.2) is 36.9 Å². The molecule has 5 atom stereocenters. The number of amides is 5. The number of unbranched alkanes of at least 4 members (excludes halogenated alkanes) is 1. The van der Waals surface area contributed by atoms with E-state index in [4.69, 9.17) is 4.74 Å². The zero-order chi connectivity index (χ0) is 36.3. The molecule has 3 heterocycles. The van der Waals surface area contributed by atoms with Gasteiger partial charge in [-0.1, -0.05) is 62.6 Å². The van der Waals surface area contributed by atoms with Gasteiger partial charge in [-0.15, -0.1) is 6.58 Å². The molecule has 276 valence electrons. The molecule has 0 radical (unpaired) electrons. The maximum Gasteiger partial charge on any atom is 0.410 e. The first-order valence-corrected chi connectivity index (χ1v) is 19.8. The zero-order valence-electron chi connectivity index (χ0n) is 29.2. The van der Waals surface area contributed by atoms with E-state index in [9.17, 15) is 32.4 Å². The second kappa shape index (κ2) is 15.2. The smallest absolute Gasteiger partial charge is 0.410 e. The number of hydrogen-bond donors (Lipinski definition) is 3. The van der Waals surface area contributed by atoms with Crippen LogP contribution in [0, 0.1) is 5.92 Å². The predicted molar refractivity (Wildman–Crippen MR) is 189 cm³/mol. The molecule has 4 bridgehead atoms. The van der Waals surface area contributed by atoms with Crippen LogP contribution in [0.5, 0.6) is 0 Å². The maximum absolute atomic E-state index is 14.3. The van der Waals surface area contributed by atoms with Crippen molar-refractivity contribution < 1.29 is 37.1 Å². The van der Waals surface area contributed by atoms with E-state index in [0.29, 0.717) is 45.2 Å². The molecule has 5 aliphatic rings. The van der Waals surface area contributed by atoms with Crippen molar-refractivity contribution in [3.63, 3.8) is 0 Å². The highest BCUT2D eigenvalue weighted by Crippen LogP contribution is 2.45. The summed E-state index contributed by atoms with van der Waals surface area (Å²) in [5, 5.41) is 5.04. The van der Waals surface area contributed by atoms with Crippen molar-refractivity contribution in [3.8, 4) is 0 Å². The van der Waals surface area contributed by atoms with Gasteiger partial charge in [-0.2, -0.15) is 0 Å². The van der Waals surface area contributed by atoms with Gasteiger partial charge >= 0.3 is 6.09 Å². The summed E-state index contributed by atoms with van der Waals surface area (Å²) in [5.41, 5.74) is 1.56. The average Bonchev–Trinajstić information content (AvgIpc) is 3.99. The Morgan fingerprint density at radius 3 is 2.67 bits per heavy atom. The van der Waals surface area contributed by atoms with Gasteiger partial charge in [-0.3, -0.25) is 28.8 Å². The number of ether oxygens (including phenoxy) is 1. The van der Waals surface area contributed by atoms with E-state index < -0.39 is 68.7 Å². The minimum Gasteiger partial charge on any atom is -0.444 e. The van der Waals surface area contributed by atoms with Crippen molar-refractivity contribution in [2.45, 2.75) is 126 Å². The van der Waals surface area contributed by atoms with Crippen molar-refractivity contribution in [3.05, 3.63) is 53.6 Å². The molecule has 0 unspecified atom stereocenters. The van der Waals surface area contributed by atoms with Crippen molar-refractivity contribution in [2.75, 3.05) is 6.54 Å². The zero-order valence-corrected chi connectivity index (χ0v) is 30.0. The van der Waals surface area contributed by atoms with E-state index >= 15 is 0 Å². The largest absolute Gasteiger partial charge is 0.444 e. The summed E-state index contributed by atoms with van der Waals surface area (Å²) in [6.07, 6.45) is 10.6. The highest BCUT2D eigenvalue weighted by Gasteiger charge is 2.62. The predicted octanol–water partition coefficient (Wildman–Crippen LogP) is 3.43. The Hall–Kier alpha value is -4.20. The molecule has 3 N–H and O–H groups in total. The molecule has 2 aliphatic carbocycles. The van der Waals surface area contributed by atoms with Crippen molar-refractivity contribution in [1.29, 1.82) is 0 Å². The van der Waals surface area contributed by atoms with Crippen LogP contribution in [0.3, 0.4) is 0 Å². The number of rotatable bonds is 9. The number of fused-ring (bicyclic) bond motifs is 3. The van der Waals surface area contributed by atoms with Crippen LogP contribution >= 0.6 is 0 Å². The monoisotopic (exact) mass is 723 g/mol. The number of carbonyl (C=O) groups is 5. The molecule has 2 saturated carbocycles. The quantitative estimate of drug-likeness (QED) is 0.326. The number of nitrogens with zero attached hydrogens (tertiary/aromatic N) is 2. The molecule has 3 fully saturated rings. The summed E-state index contributed by atoms with van der Waals surface area (Å²) in [4.78, 5) is 71.4. The summed E-state index contributed by atoms with van der Waals surface area (Å²) in [6, 6.07) is 3.93. The van der Waals surface area contributed by atoms with Gasteiger partial charge in [-0.25, -0.2) is 13.2 Å². The van der Waals surface area contributed by atoms with Crippen LogP contribution in [0.25, 0.3) is 6.08 Å². The van der Waals surface area contributed by atoms with Crippen molar-refractivity contribution in [1.82, 2.24) is 25.2 Å². The lowest BCUT2D eigenvalue weighted by Crippen LogP contribution is -2.58. The van der Waals surface area contributed by atoms with Crippen LogP contribution in [-0.2, 0) is 47.0 Å². The van der Waals surface area contributed by atoms with Gasteiger partial charge in [-0.05, 0) is 61.6 Å². The molecular formula is C37H49N5O8S. The average molecular weight is 724 g/mol. The Balaban J connectivity index is 1.25. The fraction of sp³-hybridized carbons (Fsp3) is 0.595. The summed E-state index contributed by atoms with van der Waals surface area (Å²) < 4.78 is 33.4. The highest BCUT2D eigenvalue weighted by molar-refractivity contribution is 7.91. The summed E-state index contributed by atoms with van der Waals surface area (Å²) >= 11 is 0. The van der Waals surface area contributed by atoms with Gasteiger partial charge in [0.25, 0.3) is 5.91 Å². The molecule has 1 aromatic rings. The molecule has 14 heteroatoms. The van der Waals surface area contributed by atoms with E-state index in [-0.39, 0.29) is 31.7 Å². The Morgan fingerprint density at radius 1 is 1.14 bits per heavy atom. The van der Waals surface area contributed by atoms with E-state index in [0.717, 1.165) is 42.4 Å². The molecule has 13 nitrogen and oxygen atoms in total. The van der Waals surface area contributed by atoms with Crippen LogP contribution in [0.2, 0.25) is 0 Å². The van der Waals surface area contributed by atoms with Gasteiger partial charge in [0, 0.05) is 25.3 Å². The fourth-order valence-corrected chi connectivity index (χ4v) is 8.78. The molecule has 1 aromatic carbocycles. The first-order chi connectivity index (χ1) is 24.5. The first kappa shape index (κ1) is 36.6. The van der Waals surface area contributed by atoms with E-state index in [1.807, 2.05) is 25.1 Å². The molecule has 5 amide bonds. The Bertz CT molecular complexity index is 1710. The molecule has 1 saturated heterocycles. The summed E-state index contributed by atoms with van der Waals surface area (Å²) in [6.45, 7) is 6.38. The van der Waals surface area contributed by atoms with E-state index in [2.05, 4.69) is 34.1 Å². The summed E-state index contributed by atoms with van der Waals surface area (Å²) in [5.74, 6) is -2.75. The Kier molecular flexibility index (Phi) is 10.9. The number of nitrogens with one attached hydrogen (secondary N) is 3. The van der Waals surface area contributed by atoms with Gasteiger partial charge in [0.15, 0.2) is 0 Å². The number of carbonyl (C=O) groups excluding carboxylic acids is 5. The number of benzene rings is 1. The van der Waals surface area contributed by atoms with E-state index in [1.54, 1.807) is 4.90 Å². The first-order valence-electron chi connectivity index (χ1n) is 18.3. The SMILES string of the molecule is C=C[C@@H]1C[C@]1(NC(=O)[C@@H]1C[C@@H]2CN1C(=O)[C@H](CCCC)NC(=O)CCCCCC=Cc1cccc3c1CN(C3)C(=O)O2)C(=O)NS(=O)(=O)C1CC1. The third kappa shape index (κ3) is 8.15. The lowest BCUT2D eigenvalue weighted by Gasteiger charge is -2.30. The van der Waals surface area contributed by atoms with Crippen molar-refractivity contribution in [2.24, 2.45) is 5.92 Å². The van der Waals surface area contributed by atoms with Crippen molar-refractivity contribution >= 4 is 45.8 Å². The third-order valence-electron chi connectivity index (χ3n) is 10.7. The van der Waals surface area contributed by atoms with Crippen LogP contribution in [0.4, 0.5) is 4.79 Å². The van der Waals surface area contributed by atoms with Crippen LogP contribution in [0.1, 0.15) is 101 Å². The Labute approximate surface area is 299 Å². The number of sulfonamides is 1. The third-order valence-corrected chi connectivity index (χ3v) is 12.5. The van der Waals surface area contributed by atoms with Gasteiger partial charge in [0.2, 0.25) is 27.7 Å². The lowest BCUT2D eigenvalue weighted by molar-refractivity contribution is -0.142. The summed E-state index contributed by atoms with van der Waals surface area (Å²) in [7, 11) is -3.89. The number of hydrogen-bond acceptors (Lipinski definition) is 8. The van der Waals surface area contributed by atoms with Crippen LogP contribution < -0.4 is 15.4 Å². The number of allylic oxidation sites excluding steroid dienone is 1. The van der Waals surface area contributed by atoms with E-state index in [1.165, 1.54) is 11.0 Å². The topological polar surface area (TPSA) is 171 Å². The molecule has 0 aromatic heterocycles. The molecule has 0 spiro atoms. The van der Waals surface area contributed by atoms with Gasteiger partial charge in [0.05, 0.1) is 18.3 Å². The minimum absolute atomic E-state index is 0.0383. The molecule has 6 rings (SSSR count). The van der Waals surface area contributed by atoms with Crippen LogP contribution in [-0.4, -0.2) is 83.5 Å². The standard InChI is InChI=1S/C37H49N5O8S/c1-3-5-15-30-34(45)42-22-27(19-31(42)33(44)39-37(20-26(37)4-2)35(46)40-51(48,49)28-17-18-28)50-36(47)41-21-25-14-11-13-24(29(25)23-41)12-9-7-6-8-10-16-32(43)38-30/h4,9,11-14,26-28,30-31H,2-3,5-8,10,15-23H2,1H3,(H,38,43)(H,39,44)(H,40,46)/t26-,27-,30+,31+,37-/m1/s1. The van der Waals surface area contributed by atoms with Gasteiger partial charge < -0.3 is 20.3 Å². The minimum atomic E-state index is -3.89. The normalized spacial score (nSPS) is 28.5. The highest BCUT2D eigenvalue weighted by atomic mass is 32.2. The maximum atomic E-state index is 14.3. The lowest BCUT2D eigenvalue weighted by atomic mass is 10.0. The molecular weight excluding hydrogens is 675 g/mol. The Morgan fingerprint density at radius 2 is 1.94 bits per heavy atom. The molecule has 3 aliphatic heterocycles. The second-order valence-corrected chi connectivity index (χ2v) is 16.5.